The minimum atomic E-state index is 0.307. The minimum Gasteiger partial charge on any atom is -0.497 e. The van der Waals surface area contributed by atoms with Gasteiger partial charge in [-0.2, -0.15) is 0 Å². The summed E-state index contributed by atoms with van der Waals surface area (Å²) in [6.07, 6.45) is 0. The molecule has 0 fully saturated rings. The third-order valence-corrected chi connectivity index (χ3v) is 3.45. The lowest BCUT2D eigenvalue weighted by Crippen LogP contribution is -2.12. The maximum Gasteiger partial charge on any atom is 0.139 e. The van der Waals surface area contributed by atoms with Gasteiger partial charge < -0.3 is 20.5 Å². The first-order valence-electron chi connectivity index (χ1n) is 6.13. The maximum atomic E-state index is 6.02. The molecule has 2 aromatic carbocycles. The van der Waals surface area contributed by atoms with Crippen LogP contribution in [0.3, 0.4) is 0 Å². The van der Waals surface area contributed by atoms with E-state index in [1.165, 1.54) is 0 Å². The van der Waals surface area contributed by atoms with Crippen LogP contribution in [-0.4, -0.2) is 19.2 Å². The van der Waals surface area contributed by atoms with Gasteiger partial charge in [0.25, 0.3) is 0 Å². The monoisotopic (exact) mass is 322 g/mol. The molecule has 0 aromatic heterocycles. The van der Waals surface area contributed by atoms with Crippen LogP contribution in [0, 0.1) is 0 Å². The molecule has 0 amide bonds. The van der Waals surface area contributed by atoms with Gasteiger partial charge in [0, 0.05) is 23.4 Å². The summed E-state index contributed by atoms with van der Waals surface area (Å²) in [5.41, 5.74) is 8.04. The normalized spacial score (nSPS) is 10.0. The number of anilines is 2. The quantitative estimate of drug-likeness (QED) is 0.821. The lowest BCUT2D eigenvalue weighted by molar-refractivity contribution is 0.415. The number of hydrogen-bond donors (Lipinski definition) is 2. The van der Waals surface area contributed by atoms with Gasteiger partial charge >= 0.3 is 0 Å². The van der Waals surface area contributed by atoms with Crippen LogP contribution in [0.5, 0.6) is 11.5 Å². The molecule has 0 aliphatic heterocycles. The molecule has 0 saturated carbocycles. The van der Waals surface area contributed by atoms with Crippen LogP contribution in [0.15, 0.2) is 36.4 Å². The van der Waals surface area contributed by atoms with Crippen LogP contribution in [0.4, 0.5) is 11.4 Å². The molecule has 110 valence electrons. The van der Waals surface area contributed by atoms with E-state index >= 15 is 0 Å². The van der Waals surface area contributed by atoms with Crippen molar-refractivity contribution in [2.45, 2.75) is 0 Å². The minimum absolute atomic E-state index is 0.307. The SMILES string of the molecule is COc1ccc(C(N)=S)c(Nc2ccc(Cl)c(OC)c2)c1. The first-order valence-corrected chi connectivity index (χ1v) is 6.92. The Bertz CT molecular complexity index is 677. The molecule has 0 heterocycles. The van der Waals surface area contributed by atoms with Crippen molar-refractivity contribution in [1.29, 1.82) is 0 Å². The van der Waals surface area contributed by atoms with Crippen LogP contribution in [0.2, 0.25) is 5.02 Å². The molecular formula is C15H15ClN2O2S. The second kappa shape index (κ2) is 6.65. The maximum absolute atomic E-state index is 6.02. The predicted octanol–water partition coefficient (Wildman–Crippen LogP) is 3.74. The van der Waals surface area contributed by atoms with E-state index in [1.807, 2.05) is 24.3 Å². The van der Waals surface area contributed by atoms with E-state index in [1.54, 1.807) is 26.4 Å². The largest absolute Gasteiger partial charge is 0.497 e. The van der Waals surface area contributed by atoms with E-state index in [4.69, 9.17) is 39.0 Å². The fourth-order valence-electron chi connectivity index (χ4n) is 1.86. The Balaban J connectivity index is 2.40. The van der Waals surface area contributed by atoms with Crippen molar-refractivity contribution < 1.29 is 9.47 Å². The van der Waals surface area contributed by atoms with Gasteiger partial charge in [-0.05, 0) is 24.3 Å². The standard InChI is InChI=1S/C15H15ClN2O2S/c1-19-10-4-5-11(15(17)21)13(8-10)18-9-3-6-12(16)14(7-9)20-2/h3-8,18H,1-2H3,(H2,17,21). The summed E-state index contributed by atoms with van der Waals surface area (Å²) >= 11 is 11.1. The van der Waals surface area contributed by atoms with Crippen molar-refractivity contribution in [2.75, 3.05) is 19.5 Å². The zero-order valence-electron chi connectivity index (χ0n) is 11.6. The molecule has 4 nitrogen and oxygen atoms in total. The molecule has 0 aliphatic carbocycles. The summed E-state index contributed by atoms with van der Waals surface area (Å²) in [7, 11) is 3.17. The number of rotatable bonds is 5. The Morgan fingerprint density at radius 2 is 1.90 bits per heavy atom. The predicted molar refractivity (Wildman–Crippen MR) is 90.2 cm³/mol. The van der Waals surface area contributed by atoms with Gasteiger partial charge in [-0.1, -0.05) is 23.8 Å². The summed E-state index contributed by atoms with van der Waals surface area (Å²) in [6.45, 7) is 0. The van der Waals surface area contributed by atoms with E-state index in [9.17, 15) is 0 Å². The molecule has 0 atom stereocenters. The summed E-state index contributed by atoms with van der Waals surface area (Å²) in [5, 5.41) is 3.79. The lowest BCUT2D eigenvalue weighted by Gasteiger charge is -2.14. The van der Waals surface area contributed by atoms with Gasteiger partial charge in [-0.15, -0.1) is 0 Å². The van der Waals surface area contributed by atoms with Gasteiger partial charge in [-0.3, -0.25) is 0 Å². The molecular weight excluding hydrogens is 308 g/mol. The van der Waals surface area contributed by atoms with Crippen LogP contribution >= 0.6 is 23.8 Å². The molecule has 0 aliphatic rings. The highest BCUT2D eigenvalue weighted by atomic mass is 35.5. The first kappa shape index (κ1) is 15.4. The number of hydrogen-bond acceptors (Lipinski definition) is 4. The summed E-state index contributed by atoms with van der Waals surface area (Å²) < 4.78 is 10.4. The van der Waals surface area contributed by atoms with Crippen LogP contribution in [0.1, 0.15) is 5.56 Å². The highest BCUT2D eigenvalue weighted by molar-refractivity contribution is 7.80. The molecule has 3 N–H and O–H groups in total. The molecule has 0 bridgehead atoms. The van der Waals surface area contributed by atoms with Crippen molar-refractivity contribution in [3.05, 3.63) is 47.0 Å². The molecule has 21 heavy (non-hydrogen) atoms. The topological polar surface area (TPSA) is 56.5 Å². The van der Waals surface area contributed by atoms with E-state index in [2.05, 4.69) is 5.32 Å². The molecule has 6 heteroatoms. The van der Waals surface area contributed by atoms with Crippen molar-refractivity contribution in [3.63, 3.8) is 0 Å². The van der Waals surface area contributed by atoms with E-state index < -0.39 is 0 Å². The second-order valence-electron chi connectivity index (χ2n) is 4.25. The van der Waals surface area contributed by atoms with Crippen molar-refractivity contribution >= 4 is 40.2 Å². The van der Waals surface area contributed by atoms with E-state index in [-0.39, 0.29) is 0 Å². The van der Waals surface area contributed by atoms with Gasteiger partial charge in [0.2, 0.25) is 0 Å². The summed E-state index contributed by atoms with van der Waals surface area (Å²) in [5.74, 6) is 1.29. The van der Waals surface area contributed by atoms with E-state index in [0.29, 0.717) is 21.5 Å². The fourth-order valence-corrected chi connectivity index (χ4v) is 2.23. The second-order valence-corrected chi connectivity index (χ2v) is 5.10. The zero-order valence-corrected chi connectivity index (χ0v) is 13.2. The number of thiocarbonyl (C=S) groups is 1. The van der Waals surface area contributed by atoms with Crippen LogP contribution in [0.25, 0.3) is 0 Å². The number of benzene rings is 2. The van der Waals surface area contributed by atoms with Crippen LogP contribution < -0.4 is 20.5 Å². The zero-order chi connectivity index (χ0) is 15.4. The fraction of sp³-hybridized carbons (Fsp3) is 0.133. The Morgan fingerprint density at radius 3 is 2.52 bits per heavy atom. The van der Waals surface area contributed by atoms with Crippen molar-refractivity contribution in [1.82, 2.24) is 0 Å². The molecule has 0 saturated heterocycles. The average molecular weight is 323 g/mol. The number of methoxy groups -OCH3 is 2. The highest BCUT2D eigenvalue weighted by Crippen LogP contribution is 2.31. The molecule has 2 aromatic rings. The van der Waals surface area contributed by atoms with Gasteiger partial charge in [-0.25, -0.2) is 0 Å². The van der Waals surface area contributed by atoms with Crippen molar-refractivity contribution in [3.8, 4) is 11.5 Å². The number of nitrogens with one attached hydrogen (secondary N) is 1. The molecule has 0 unspecified atom stereocenters. The molecule has 0 spiro atoms. The van der Waals surface area contributed by atoms with Gasteiger partial charge in [0.05, 0.1) is 24.9 Å². The number of ether oxygens (including phenoxy) is 2. The number of halogens is 1. The smallest absolute Gasteiger partial charge is 0.139 e. The Kier molecular flexibility index (Phi) is 4.88. The van der Waals surface area contributed by atoms with Gasteiger partial charge in [0.1, 0.15) is 16.5 Å². The van der Waals surface area contributed by atoms with Crippen LogP contribution in [-0.2, 0) is 0 Å². The lowest BCUT2D eigenvalue weighted by atomic mass is 10.1. The van der Waals surface area contributed by atoms with Crippen molar-refractivity contribution in [2.24, 2.45) is 5.73 Å². The molecule has 0 radical (unpaired) electrons. The number of nitrogens with two attached hydrogens (primary N) is 1. The average Bonchev–Trinajstić information content (AvgIpc) is 2.48. The molecule has 2 rings (SSSR count). The third kappa shape index (κ3) is 3.56. The van der Waals surface area contributed by atoms with E-state index in [0.717, 1.165) is 16.9 Å². The summed E-state index contributed by atoms with van der Waals surface area (Å²) in [4.78, 5) is 0.307. The third-order valence-electron chi connectivity index (χ3n) is 2.92. The Hall–Kier alpha value is -1.98. The Labute approximate surface area is 133 Å². The highest BCUT2D eigenvalue weighted by Gasteiger charge is 2.09. The first-order chi connectivity index (χ1) is 10.0. The van der Waals surface area contributed by atoms with Gasteiger partial charge in [0.15, 0.2) is 0 Å². The Morgan fingerprint density at radius 1 is 1.14 bits per heavy atom. The summed E-state index contributed by atoms with van der Waals surface area (Å²) in [6, 6.07) is 10.8.